The first-order chi connectivity index (χ1) is 14.7. The lowest BCUT2D eigenvalue weighted by Gasteiger charge is -2.32. The zero-order chi connectivity index (χ0) is 22.5. The summed E-state index contributed by atoms with van der Waals surface area (Å²) in [6, 6.07) is 12.9. The number of benzene rings is 1. The highest BCUT2D eigenvalue weighted by molar-refractivity contribution is 6.56. The van der Waals surface area contributed by atoms with Crippen LogP contribution in [0.2, 0.25) is 0 Å². The maximum atomic E-state index is 12.2. The molecule has 0 bridgehead atoms. The maximum absolute atomic E-state index is 12.2. The molecule has 1 aliphatic rings. The van der Waals surface area contributed by atoms with Crippen LogP contribution < -0.4 is 5.32 Å². The van der Waals surface area contributed by atoms with E-state index in [-0.39, 0.29) is 13.2 Å². The first kappa shape index (κ1) is 22.7. The molecule has 7 nitrogen and oxygen atoms in total. The Hall–Kier alpha value is -2.97. The summed E-state index contributed by atoms with van der Waals surface area (Å²) in [6.45, 7) is 8.21. The molecule has 8 heteroatoms. The number of carbonyl (C=O) groups is 2. The molecule has 1 N–H and O–H groups in total. The molecule has 1 saturated heterocycles. The molecule has 0 aliphatic carbocycles. The molecule has 0 radical (unpaired) electrons. The Labute approximate surface area is 182 Å². The van der Waals surface area contributed by atoms with Gasteiger partial charge in [-0.05, 0) is 50.4 Å². The number of hydrogen-bond acceptors (Lipinski definition) is 6. The second-order valence-corrected chi connectivity index (χ2v) is 8.36. The van der Waals surface area contributed by atoms with Gasteiger partial charge in [0.25, 0.3) is 0 Å². The summed E-state index contributed by atoms with van der Waals surface area (Å²) in [5.41, 5.74) is 1.66. The minimum Gasteiger partial charge on any atom is -0.445 e. The van der Waals surface area contributed by atoms with E-state index in [9.17, 15) is 9.59 Å². The van der Waals surface area contributed by atoms with Gasteiger partial charge >= 0.3 is 13.2 Å². The minimum absolute atomic E-state index is 0.167. The Bertz CT molecular complexity index is 926. The second kappa shape index (κ2) is 9.45. The van der Waals surface area contributed by atoms with E-state index in [2.05, 4.69) is 10.3 Å². The molecule has 0 atom stereocenters. The quantitative estimate of drug-likeness (QED) is 0.539. The number of nitrogens with zero attached hydrogens (tertiary/aromatic N) is 1. The third-order valence-corrected chi connectivity index (χ3v) is 5.49. The number of hydrogen-bond donors (Lipinski definition) is 1. The number of alkyl carbamates (subject to hydrolysis) is 1. The van der Waals surface area contributed by atoms with Crippen LogP contribution in [0.3, 0.4) is 0 Å². The van der Waals surface area contributed by atoms with Crippen molar-refractivity contribution in [3.8, 4) is 0 Å². The lowest BCUT2D eigenvalue weighted by molar-refractivity contribution is 0.00578. The zero-order valence-corrected chi connectivity index (χ0v) is 18.3. The maximum Gasteiger partial charge on any atom is 0.492 e. The smallest absolute Gasteiger partial charge is 0.445 e. The van der Waals surface area contributed by atoms with E-state index >= 15 is 0 Å². The van der Waals surface area contributed by atoms with Crippen LogP contribution in [0.5, 0.6) is 0 Å². The summed E-state index contributed by atoms with van der Waals surface area (Å²) in [5.74, 6) is 0. The SMILES string of the molecule is CC1(C)OB(C(=Cc2ccc(C=O)nc2)CNC(=O)OCc2ccccc2)OC1(C)C. The number of ether oxygens (including phenoxy) is 1. The van der Waals surface area contributed by atoms with Crippen LogP contribution >= 0.6 is 0 Å². The average Bonchev–Trinajstić information content (AvgIpc) is 2.97. The number of pyridine rings is 1. The fourth-order valence-corrected chi connectivity index (χ4v) is 2.93. The summed E-state index contributed by atoms with van der Waals surface area (Å²) >= 11 is 0. The molecule has 2 aromatic rings. The van der Waals surface area contributed by atoms with E-state index < -0.39 is 24.4 Å². The fraction of sp³-hybridized carbons (Fsp3) is 0.348. The molecule has 162 valence electrons. The van der Waals surface area contributed by atoms with Gasteiger partial charge in [0.1, 0.15) is 12.3 Å². The number of aldehydes is 1. The van der Waals surface area contributed by atoms with Crippen LogP contribution in [0.1, 0.15) is 49.3 Å². The molecule has 1 fully saturated rings. The Morgan fingerprint density at radius 3 is 2.35 bits per heavy atom. The molecular weight excluding hydrogens is 395 g/mol. The summed E-state index contributed by atoms with van der Waals surface area (Å²) < 4.78 is 17.6. The molecule has 0 spiro atoms. The number of amides is 1. The van der Waals surface area contributed by atoms with Crippen molar-refractivity contribution >= 4 is 25.6 Å². The van der Waals surface area contributed by atoms with Crippen molar-refractivity contribution in [3.05, 3.63) is 71.0 Å². The summed E-state index contributed by atoms with van der Waals surface area (Å²) in [4.78, 5) is 27.2. The van der Waals surface area contributed by atoms with Crippen molar-refractivity contribution in [2.24, 2.45) is 0 Å². The Balaban J connectivity index is 1.71. The Morgan fingerprint density at radius 1 is 1.10 bits per heavy atom. The monoisotopic (exact) mass is 422 g/mol. The van der Waals surface area contributed by atoms with Crippen LogP contribution in [0.15, 0.2) is 54.1 Å². The van der Waals surface area contributed by atoms with Gasteiger partial charge in [0.05, 0.1) is 11.2 Å². The third-order valence-electron chi connectivity index (χ3n) is 5.49. The van der Waals surface area contributed by atoms with Gasteiger partial charge in [-0.15, -0.1) is 0 Å². The van der Waals surface area contributed by atoms with Crippen LogP contribution in [0.4, 0.5) is 4.79 Å². The van der Waals surface area contributed by atoms with E-state index in [0.717, 1.165) is 11.1 Å². The van der Waals surface area contributed by atoms with E-state index in [1.54, 1.807) is 18.3 Å². The van der Waals surface area contributed by atoms with Crippen LogP contribution in [0.25, 0.3) is 6.08 Å². The van der Waals surface area contributed by atoms with Gasteiger partial charge in [0, 0.05) is 12.7 Å². The zero-order valence-electron chi connectivity index (χ0n) is 18.3. The highest BCUT2D eigenvalue weighted by Gasteiger charge is 2.52. The van der Waals surface area contributed by atoms with Crippen LogP contribution in [-0.2, 0) is 20.7 Å². The third kappa shape index (κ3) is 5.80. The van der Waals surface area contributed by atoms with Crippen molar-refractivity contribution in [2.45, 2.75) is 45.5 Å². The molecule has 3 rings (SSSR count). The molecule has 31 heavy (non-hydrogen) atoms. The van der Waals surface area contributed by atoms with Crippen molar-refractivity contribution in [1.82, 2.24) is 10.3 Å². The lowest BCUT2D eigenvalue weighted by atomic mass is 9.77. The van der Waals surface area contributed by atoms with Crippen molar-refractivity contribution < 1.29 is 23.6 Å². The molecular formula is C23H27BN2O5. The van der Waals surface area contributed by atoms with E-state index in [4.69, 9.17) is 14.0 Å². The van der Waals surface area contributed by atoms with Crippen molar-refractivity contribution in [3.63, 3.8) is 0 Å². The van der Waals surface area contributed by atoms with Gasteiger partial charge in [0.15, 0.2) is 6.29 Å². The van der Waals surface area contributed by atoms with E-state index in [1.807, 2.05) is 64.1 Å². The Morgan fingerprint density at radius 2 is 1.77 bits per heavy atom. The minimum atomic E-state index is -0.648. The van der Waals surface area contributed by atoms with Gasteiger partial charge in [-0.2, -0.15) is 0 Å². The summed E-state index contributed by atoms with van der Waals surface area (Å²) in [5, 5.41) is 2.76. The standard InChI is InChI=1S/C23H27BN2O5/c1-22(2)23(3,4)31-24(30-22)19(12-18-10-11-20(15-27)25-13-18)14-26-21(28)29-16-17-8-6-5-7-9-17/h5-13,15H,14,16H2,1-4H3,(H,26,28). The Kier molecular flexibility index (Phi) is 6.92. The van der Waals surface area contributed by atoms with Crippen molar-refractivity contribution in [2.75, 3.05) is 6.54 Å². The molecule has 1 amide bonds. The van der Waals surface area contributed by atoms with Gasteiger partial charge in [0.2, 0.25) is 0 Å². The van der Waals surface area contributed by atoms with Crippen molar-refractivity contribution in [1.29, 1.82) is 0 Å². The number of aromatic nitrogens is 1. The summed E-state index contributed by atoms with van der Waals surface area (Å²) in [6.07, 6.45) is 3.57. The average molecular weight is 422 g/mol. The molecule has 2 heterocycles. The van der Waals surface area contributed by atoms with Gasteiger partial charge in [-0.25, -0.2) is 4.79 Å². The fourth-order valence-electron chi connectivity index (χ4n) is 2.93. The number of rotatable bonds is 7. The van der Waals surface area contributed by atoms with Crippen LogP contribution in [-0.4, -0.2) is 42.2 Å². The predicted molar refractivity (Wildman–Crippen MR) is 118 cm³/mol. The number of carbonyl (C=O) groups excluding carboxylic acids is 2. The molecule has 0 unspecified atom stereocenters. The first-order valence-corrected chi connectivity index (χ1v) is 10.1. The lowest BCUT2D eigenvalue weighted by Crippen LogP contribution is -2.41. The number of nitrogens with one attached hydrogen (secondary N) is 1. The highest BCUT2D eigenvalue weighted by Crippen LogP contribution is 2.38. The summed E-state index contributed by atoms with van der Waals surface area (Å²) in [7, 11) is -0.648. The first-order valence-electron chi connectivity index (χ1n) is 10.1. The normalized spacial score (nSPS) is 17.3. The predicted octanol–water partition coefficient (Wildman–Crippen LogP) is 3.84. The topological polar surface area (TPSA) is 86.8 Å². The van der Waals surface area contributed by atoms with Gasteiger partial charge in [-0.3, -0.25) is 9.78 Å². The highest BCUT2D eigenvalue weighted by atomic mass is 16.7. The van der Waals surface area contributed by atoms with Crippen LogP contribution in [0, 0.1) is 0 Å². The second-order valence-electron chi connectivity index (χ2n) is 8.36. The van der Waals surface area contributed by atoms with E-state index in [0.29, 0.717) is 17.5 Å². The van der Waals surface area contributed by atoms with Gasteiger partial charge < -0.3 is 19.4 Å². The molecule has 0 saturated carbocycles. The largest absolute Gasteiger partial charge is 0.492 e. The molecule has 1 aromatic carbocycles. The van der Waals surface area contributed by atoms with Gasteiger partial charge in [-0.1, -0.05) is 42.5 Å². The molecule has 1 aliphatic heterocycles. The van der Waals surface area contributed by atoms with E-state index in [1.165, 1.54) is 0 Å². The molecule has 1 aromatic heterocycles.